The molecular weight excluding hydrogens is 288 g/mol. The quantitative estimate of drug-likeness (QED) is 0.394. The second kappa shape index (κ2) is 5.91. The monoisotopic (exact) mass is 298 g/mol. The number of hydrogen-bond acceptors (Lipinski definition) is 3. The number of benzene rings is 1. The fraction of sp³-hybridized carbons (Fsp3) is 0.125. The number of hydrogen-bond donors (Lipinski definition) is 4. The molecule has 0 bridgehead atoms. The van der Waals surface area contributed by atoms with Crippen LogP contribution in [0.5, 0.6) is 5.75 Å². The largest absolute Gasteiger partial charge is 0 e. The molecule has 1 aromatic rings. The standard InChI is InChI=1S/C8H10AsNO5.Na/c1-5(11)10-7-4-6(9(13,14)15)2-3-8(7)12;/h2-4,12H,1H3,(H,10,11)(H2,13,14,15);. The summed E-state index contributed by atoms with van der Waals surface area (Å²) in [6, 6.07) is 3.32. The summed E-state index contributed by atoms with van der Waals surface area (Å²) in [4.78, 5) is 10.7. The molecule has 0 spiro atoms. The van der Waals surface area contributed by atoms with Crippen LogP contribution < -0.4 is 9.67 Å². The molecule has 1 amide bonds. The Kier molecular flexibility index (Phi) is 5.82. The average molecular weight is 298 g/mol. The van der Waals surface area contributed by atoms with Gasteiger partial charge >= 0.3 is 88.1 Å². The van der Waals surface area contributed by atoms with E-state index in [1.165, 1.54) is 6.92 Å². The van der Waals surface area contributed by atoms with Crippen LogP contribution in [0.3, 0.4) is 0 Å². The van der Waals surface area contributed by atoms with Gasteiger partial charge in [-0.2, -0.15) is 0 Å². The van der Waals surface area contributed by atoms with E-state index in [9.17, 15) is 13.6 Å². The van der Waals surface area contributed by atoms with Crippen LogP contribution in [0.4, 0.5) is 5.69 Å². The topological polar surface area (TPSA) is 107 Å². The van der Waals surface area contributed by atoms with Crippen LogP contribution in [0.25, 0.3) is 0 Å². The Morgan fingerprint density at radius 2 is 1.94 bits per heavy atom. The molecule has 0 heterocycles. The zero-order chi connectivity index (χ0) is 11.6. The van der Waals surface area contributed by atoms with Crippen LogP contribution in [-0.2, 0) is 8.53 Å². The Morgan fingerprint density at radius 3 is 2.38 bits per heavy atom. The number of carbonyl (C=O) groups is 1. The first-order valence-corrected chi connectivity index (χ1v) is 7.35. The fourth-order valence-electron chi connectivity index (χ4n) is 0.995. The summed E-state index contributed by atoms with van der Waals surface area (Å²) < 4.78 is 28.6. The minimum absolute atomic E-state index is 0. The van der Waals surface area contributed by atoms with E-state index in [-0.39, 0.29) is 45.3 Å². The molecule has 1 rings (SSSR count). The molecule has 0 aliphatic heterocycles. The number of phenolic OH excluding ortho intramolecular Hbond substituents is 1. The van der Waals surface area contributed by atoms with Crippen LogP contribution in [0, 0.1) is 0 Å². The number of anilines is 1. The van der Waals surface area contributed by atoms with E-state index in [1.807, 2.05) is 0 Å². The summed E-state index contributed by atoms with van der Waals surface area (Å²) in [6.45, 7) is 1.23. The molecule has 16 heavy (non-hydrogen) atoms. The van der Waals surface area contributed by atoms with Gasteiger partial charge in [0.1, 0.15) is 0 Å². The zero-order valence-corrected chi connectivity index (χ0v) is 12.7. The van der Waals surface area contributed by atoms with Crippen LogP contribution >= 0.6 is 0 Å². The van der Waals surface area contributed by atoms with Crippen molar-refractivity contribution >= 4 is 59.7 Å². The second-order valence-corrected chi connectivity index (χ2v) is 6.29. The molecular formula is C8H10AsNNaO5. The summed E-state index contributed by atoms with van der Waals surface area (Å²) in [7, 11) is 0. The van der Waals surface area contributed by atoms with Gasteiger partial charge in [-0.25, -0.2) is 0 Å². The van der Waals surface area contributed by atoms with E-state index in [0.717, 1.165) is 18.2 Å². The zero-order valence-electron chi connectivity index (χ0n) is 8.84. The molecule has 6 nitrogen and oxygen atoms in total. The number of phenols is 1. The van der Waals surface area contributed by atoms with Crippen LogP contribution in [0.1, 0.15) is 6.92 Å². The van der Waals surface area contributed by atoms with Crippen molar-refractivity contribution in [3.8, 4) is 5.75 Å². The minimum atomic E-state index is -4.98. The van der Waals surface area contributed by atoms with Gasteiger partial charge in [-0.15, -0.1) is 0 Å². The first-order valence-electron chi connectivity index (χ1n) is 3.97. The fourth-order valence-corrected chi connectivity index (χ4v) is 2.18. The van der Waals surface area contributed by atoms with Gasteiger partial charge in [0, 0.05) is 29.6 Å². The minimum Gasteiger partial charge on any atom is 0 e. The smallest absolute Gasteiger partial charge is 0 e. The Bertz CT molecular complexity index is 444. The predicted molar refractivity (Wildman–Crippen MR) is 58.7 cm³/mol. The first-order chi connectivity index (χ1) is 6.80. The second-order valence-electron chi connectivity index (χ2n) is 2.93. The van der Waals surface area contributed by atoms with Crippen molar-refractivity contribution in [3.05, 3.63) is 18.2 Å². The van der Waals surface area contributed by atoms with Crippen molar-refractivity contribution in [3.63, 3.8) is 0 Å². The van der Waals surface area contributed by atoms with Gasteiger partial charge in [0.25, 0.3) is 0 Å². The Balaban J connectivity index is 0.00000225. The summed E-state index contributed by atoms with van der Waals surface area (Å²) in [5.41, 5.74) is -0.00951. The number of aromatic hydroxyl groups is 1. The number of amides is 1. The number of carbonyl (C=O) groups excluding carboxylic acids is 1. The summed E-state index contributed by atoms with van der Waals surface area (Å²) in [5.74, 6) is -0.668. The predicted octanol–water partition coefficient (Wildman–Crippen LogP) is -1.47. The van der Waals surface area contributed by atoms with E-state index in [1.54, 1.807) is 0 Å². The third-order valence-electron chi connectivity index (χ3n) is 1.63. The van der Waals surface area contributed by atoms with Crippen LogP contribution in [-0.4, -0.2) is 62.9 Å². The molecule has 0 aliphatic carbocycles. The van der Waals surface area contributed by atoms with Crippen molar-refractivity contribution in [2.75, 3.05) is 5.32 Å². The Hall–Kier alpha value is -0.232. The third kappa shape index (κ3) is 4.33. The van der Waals surface area contributed by atoms with Gasteiger partial charge in [-0.1, -0.05) is 0 Å². The van der Waals surface area contributed by atoms with Gasteiger partial charge in [0.05, 0.1) is 0 Å². The van der Waals surface area contributed by atoms with Gasteiger partial charge in [0.2, 0.25) is 0 Å². The van der Waals surface area contributed by atoms with Crippen molar-refractivity contribution in [2.45, 2.75) is 6.92 Å². The normalized spacial score (nSPS) is 10.4. The average Bonchev–Trinajstić information content (AvgIpc) is 2.06. The SMILES string of the molecule is CC(=O)Nc1cc([As](=O)(O)O)ccc1O.[Na]. The van der Waals surface area contributed by atoms with E-state index in [4.69, 9.17) is 8.19 Å². The Labute approximate surface area is 117 Å². The van der Waals surface area contributed by atoms with Gasteiger partial charge in [-0.05, 0) is 0 Å². The van der Waals surface area contributed by atoms with E-state index in [2.05, 4.69) is 5.32 Å². The molecule has 0 saturated heterocycles. The third-order valence-corrected chi connectivity index (χ3v) is 3.62. The molecule has 1 radical (unpaired) electrons. The van der Waals surface area contributed by atoms with E-state index >= 15 is 0 Å². The molecule has 0 aromatic heterocycles. The maximum Gasteiger partial charge on any atom is 0 e. The maximum atomic E-state index is 10.9. The van der Waals surface area contributed by atoms with Gasteiger partial charge in [-0.3, -0.25) is 0 Å². The molecule has 0 saturated carbocycles. The van der Waals surface area contributed by atoms with Gasteiger partial charge < -0.3 is 0 Å². The molecule has 83 valence electrons. The summed E-state index contributed by atoms with van der Waals surface area (Å²) in [6.07, 6.45) is 0. The van der Waals surface area contributed by atoms with Crippen molar-refractivity contribution in [1.82, 2.24) is 0 Å². The van der Waals surface area contributed by atoms with E-state index in [0.29, 0.717) is 0 Å². The molecule has 0 unspecified atom stereocenters. The molecule has 0 atom stereocenters. The maximum absolute atomic E-state index is 10.9. The Morgan fingerprint density at radius 1 is 1.38 bits per heavy atom. The van der Waals surface area contributed by atoms with Crippen LogP contribution in [0.2, 0.25) is 0 Å². The van der Waals surface area contributed by atoms with Crippen molar-refractivity contribution < 1.29 is 21.8 Å². The summed E-state index contributed by atoms with van der Waals surface area (Å²) >= 11 is -4.98. The number of nitrogens with one attached hydrogen (secondary N) is 1. The molecule has 0 aliphatic rings. The van der Waals surface area contributed by atoms with Crippen molar-refractivity contribution in [2.24, 2.45) is 0 Å². The van der Waals surface area contributed by atoms with Gasteiger partial charge in [0.15, 0.2) is 0 Å². The molecule has 0 fully saturated rings. The molecule has 8 heteroatoms. The molecule has 4 N–H and O–H groups in total. The first kappa shape index (κ1) is 15.8. The van der Waals surface area contributed by atoms with E-state index < -0.39 is 20.1 Å². The van der Waals surface area contributed by atoms with Crippen molar-refractivity contribution in [1.29, 1.82) is 0 Å². The summed E-state index contributed by atoms with van der Waals surface area (Å²) in [5, 5.41) is 11.6. The molecule has 1 aromatic carbocycles. The van der Waals surface area contributed by atoms with Crippen LogP contribution in [0.15, 0.2) is 18.2 Å². The number of rotatable bonds is 2.